The lowest BCUT2D eigenvalue weighted by atomic mass is 10.1. The van der Waals surface area contributed by atoms with E-state index in [4.69, 9.17) is 0 Å². The van der Waals surface area contributed by atoms with Crippen LogP contribution in [0.1, 0.15) is 28.8 Å². The minimum absolute atomic E-state index is 0.0642. The Hall–Kier alpha value is -2.03. The van der Waals surface area contributed by atoms with Gasteiger partial charge in [0.15, 0.2) is 5.78 Å². The SMILES string of the molecule is CC(=O)c1cccc(-c2cc(C)nc(C)n2)c1. The van der Waals surface area contributed by atoms with Gasteiger partial charge >= 0.3 is 0 Å². The summed E-state index contributed by atoms with van der Waals surface area (Å²) in [5.41, 5.74) is 3.45. The number of hydrogen-bond donors (Lipinski definition) is 0. The summed E-state index contributed by atoms with van der Waals surface area (Å²) >= 11 is 0. The summed E-state index contributed by atoms with van der Waals surface area (Å²) in [6, 6.07) is 9.43. The maximum Gasteiger partial charge on any atom is 0.159 e. The molecular formula is C14H14N2O. The average molecular weight is 226 g/mol. The van der Waals surface area contributed by atoms with Gasteiger partial charge in [-0.3, -0.25) is 4.79 Å². The number of nitrogens with zero attached hydrogens (tertiary/aromatic N) is 2. The molecule has 0 saturated carbocycles. The van der Waals surface area contributed by atoms with Crippen molar-refractivity contribution >= 4 is 5.78 Å². The molecule has 0 spiro atoms. The Labute approximate surface area is 101 Å². The fraction of sp³-hybridized carbons (Fsp3) is 0.214. The van der Waals surface area contributed by atoms with E-state index in [1.54, 1.807) is 6.92 Å². The molecule has 3 nitrogen and oxygen atoms in total. The molecule has 0 aliphatic heterocycles. The number of rotatable bonds is 2. The van der Waals surface area contributed by atoms with E-state index in [1.807, 2.05) is 44.2 Å². The zero-order valence-corrected chi connectivity index (χ0v) is 10.2. The van der Waals surface area contributed by atoms with Gasteiger partial charge in [0.25, 0.3) is 0 Å². The molecule has 1 aromatic carbocycles. The van der Waals surface area contributed by atoms with Gasteiger partial charge in [0, 0.05) is 16.8 Å². The molecule has 2 aromatic rings. The number of carbonyl (C=O) groups excluding carboxylic acids is 1. The van der Waals surface area contributed by atoms with Crippen LogP contribution >= 0.6 is 0 Å². The van der Waals surface area contributed by atoms with Crippen LogP contribution in [-0.4, -0.2) is 15.8 Å². The second-order valence-electron chi connectivity index (χ2n) is 4.08. The third-order valence-corrected chi connectivity index (χ3v) is 2.53. The first kappa shape index (κ1) is 11.5. The van der Waals surface area contributed by atoms with Crippen molar-refractivity contribution in [3.63, 3.8) is 0 Å². The van der Waals surface area contributed by atoms with Crippen LogP contribution in [0.25, 0.3) is 11.3 Å². The van der Waals surface area contributed by atoms with Gasteiger partial charge in [0.1, 0.15) is 5.82 Å². The lowest BCUT2D eigenvalue weighted by Gasteiger charge is -2.05. The number of carbonyl (C=O) groups is 1. The maximum absolute atomic E-state index is 11.3. The predicted octanol–water partition coefficient (Wildman–Crippen LogP) is 2.96. The molecule has 2 rings (SSSR count). The first-order valence-corrected chi connectivity index (χ1v) is 5.50. The van der Waals surface area contributed by atoms with Crippen molar-refractivity contribution in [2.24, 2.45) is 0 Å². The standard InChI is InChI=1S/C14H14N2O/c1-9-7-14(16-11(3)15-9)13-6-4-5-12(8-13)10(2)17/h4-8H,1-3H3. The van der Waals surface area contributed by atoms with Crippen LogP contribution in [0.2, 0.25) is 0 Å². The van der Waals surface area contributed by atoms with E-state index in [0.717, 1.165) is 22.8 Å². The summed E-state index contributed by atoms with van der Waals surface area (Å²) in [6.07, 6.45) is 0. The molecule has 0 unspecified atom stereocenters. The fourth-order valence-corrected chi connectivity index (χ4v) is 1.76. The third kappa shape index (κ3) is 2.56. The second kappa shape index (κ2) is 4.45. The highest BCUT2D eigenvalue weighted by atomic mass is 16.1. The molecule has 0 aliphatic rings. The molecule has 86 valence electrons. The van der Waals surface area contributed by atoms with E-state index in [0.29, 0.717) is 5.56 Å². The maximum atomic E-state index is 11.3. The van der Waals surface area contributed by atoms with Crippen LogP contribution in [0, 0.1) is 13.8 Å². The fourth-order valence-electron chi connectivity index (χ4n) is 1.76. The van der Waals surface area contributed by atoms with Gasteiger partial charge in [-0.05, 0) is 32.9 Å². The predicted molar refractivity (Wildman–Crippen MR) is 66.9 cm³/mol. The highest BCUT2D eigenvalue weighted by molar-refractivity contribution is 5.95. The Bertz CT molecular complexity index is 556. The first-order chi connectivity index (χ1) is 8.06. The van der Waals surface area contributed by atoms with Gasteiger partial charge < -0.3 is 0 Å². The normalized spacial score (nSPS) is 10.3. The Morgan fingerprint density at radius 1 is 1.12 bits per heavy atom. The Kier molecular flexibility index (Phi) is 3.00. The van der Waals surface area contributed by atoms with Gasteiger partial charge in [-0.15, -0.1) is 0 Å². The smallest absolute Gasteiger partial charge is 0.159 e. The molecule has 0 fully saturated rings. The van der Waals surface area contributed by atoms with E-state index in [-0.39, 0.29) is 5.78 Å². The van der Waals surface area contributed by atoms with Crippen molar-refractivity contribution in [2.75, 3.05) is 0 Å². The third-order valence-electron chi connectivity index (χ3n) is 2.53. The summed E-state index contributed by atoms with van der Waals surface area (Å²) in [5, 5.41) is 0. The van der Waals surface area contributed by atoms with Crippen molar-refractivity contribution in [2.45, 2.75) is 20.8 Å². The molecule has 1 heterocycles. The van der Waals surface area contributed by atoms with Crippen LogP contribution in [0.3, 0.4) is 0 Å². The molecule has 0 saturated heterocycles. The van der Waals surface area contributed by atoms with Crippen molar-refractivity contribution in [1.82, 2.24) is 9.97 Å². The van der Waals surface area contributed by atoms with Crippen LogP contribution < -0.4 is 0 Å². The van der Waals surface area contributed by atoms with Crippen LogP contribution in [0.4, 0.5) is 0 Å². The highest BCUT2D eigenvalue weighted by Crippen LogP contribution is 2.19. The molecule has 3 heteroatoms. The van der Waals surface area contributed by atoms with Gasteiger partial charge in [-0.1, -0.05) is 18.2 Å². The minimum atomic E-state index is 0.0642. The summed E-state index contributed by atoms with van der Waals surface area (Å²) < 4.78 is 0. The average Bonchev–Trinajstić information content (AvgIpc) is 2.28. The van der Waals surface area contributed by atoms with E-state index >= 15 is 0 Å². The number of Topliss-reactive ketones (excluding diaryl/α,β-unsaturated/α-hetero) is 1. The van der Waals surface area contributed by atoms with Crippen molar-refractivity contribution in [1.29, 1.82) is 0 Å². The zero-order valence-electron chi connectivity index (χ0n) is 10.2. The lowest BCUT2D eigenvalue weighted by molar-refractivity contribution is 0.101. The second-order valence-corrected chi connectivity index (χ2v) is 4.08. The van der Waals surface area contributed by atoms with Crippen LogP contribution in [0.15, 0.2) is 30.3 Å². The van der Waals surface area contributed by atoms with Gasteiger partial charge in [0.05, 0.1) is 5.69 Å². The molecule has 17 heavy (non-hydrogen) atoms. The quantitative estimate of drug-likeness (QED) is 0.739. The molecule has 0 bridgehead atoms. The van der Waals surface area contributed by atoms with Crippen molar-refractivity contribution in [3.05, 3.63) is 47.4 Å². The Morgan fingerprint density at radius 2 is 1.88 bits per heavy atom. The number of aryl methyl sites for hydroxylation is 2. The molecule has 0 atom stereocenters. The minimum Gasteiger partial charge on any atom is -0.295 e. The zero-order chi connectivity index (χ0) is 12.4. The van der Waals surface area contributed by atoms with Gasteiger partial charge in [-0.25, -0.2) is 9.97 Å². The number of benzene rings is 1. The number of hydrogen-bond acceptors (Lipinski definition) is 3. The summed E-state index contributed by atoms with van der Waals surface area (Å²) in [6.45, 7) is 5.37. The highest BCUT2D eigenvalue weighted by Gasteiger charge is 2.05. The van der Waals surface area contributed by atoms with Crippen molar-refractivity contribution in [3.8, 4) is 11.3 Å². The van der Waals surface area contributed by atoms with Crippen LogP contribution in [-0.2, 0) is 0 Å². The molecule has 0 amide bonds. The number of ketones is 1. The lowest BCUT2D eigenvalue weighted by Crippen LogP contribution is -1.96. The van der Waals surface area contributed by atoms with E-state index in [1.165, 1.54) is 0 Å². The van der Waals surface area contributed by atoms with Gasteiger partial charge in [0.2, 0.25) is 0 Å². The molecule has 0 radical (unpaired) electrons. The van der Waals surface area contributed by atoms with E-state index in [2.05, 4.69) is 9.97 Å². The molecular weight excluding hydrogens is 212 g/mol. The molecule has 0 aliphatic carbocycles. The monoisotopic (exact) mass is 226 g/mol. The van der Waals surface area contributed by atoms with E-state index < -0.39 is 0 Å². The first-order valence-electron chi connectivity index (χ1n) is 5.50. The molecule has 0 N–H and O–H groups in total. The summed E-state index contributed by atoms with van der Waals surface area (Å²) in [4.78, 5) is 20.0. The van der Waals surface area contributed by atoms with Crippen molar-refractivity contribution < 1.29 is 4.79 Å². The van der Waals surface area contributed by atoms with Gasteiger partial charge in [-0.2, -0.15) is 0 Å². The Balaban J connectivity index is 2.52. The largest absolute Gasteiger partial charge is 0.295 e. The Morgan fingerprint density at radius 3 is 2.53 bits per heavy atom. The topological polar surface area (TPSA) is 42.9 Å². The summed E-state index contributed by atoms with van der Waals surface area (Å²) in [5.74, 6) is 0.808. The van der Waals surface area contributed by atoms with Crippen LogP contribution in [0.5, 0.6) is 0 Å². The summed E-state index contributed by atoms with van der Waals surface area (Å²) in [7, 11) is 0. The number of aromatic nitrogens is 2. The molecule has 1 aromatic heterocycles. The van der Waals surface area contributed by atoms with E-state index in [9.17, 15) is 4.79 Å².